The first kappa shape index (κ1) is 10.7. The standard InChI is InChI=1S/C14H21N/c1-3-11(2)15-14-9-8-12-6-4-5-7-13(12)10-14/h4-7,11,14-15H,3,8-10H2,1-2H3/t11-,14+/m0/s1. The Hall–Kier alpha value is -0.820. The second-order valence-corrected chi connectivity index (χ2v) is 4.68. The molecule has 0 aromatic heterocycles. The van der Waals surface area contributed by atoms with E-state index in [1.54, 1.807) is 11.1 Å². The Morgan fingerprint density at radius 1 is 1.33 bits per heavy atom. The molecule has 0 saturated heterocycles. The van der Waals surface area contributed by atoms with E-state index in [2.05, 4.69) is 43.4 Å². The van der Waals surface area contributed by atoms with Gasteiger partial charge in [-0.1, -0.05) is 31.2 Å². The highest BCUT2D eigenvalue weighted by Gasteiger charge is 2.18. The molecule has 15 heavy (non-hydrogen) atoms. The number of hydrogen-bond donors (Lipinski definition) is 1. The van der Waals surface area contributed by atoms with Gasteiger partial charge >= 0.3 is 0 Å². The van der Waals surface area contributed by atoms with E-state index in [4.69, 9.17) is 0 Å². The third kappa shape index (κ3) is 2.60. The van der Waals surface area contributed by atoms with Gasteiger partial charge in [0.1, 0.15) is 0 Å². The number of hydrogen-bond acceptors (Lipinski definition) is 1. The molecule has 1 N–H and O–H groups in total. The van der Waals surface area contributed by atoms with Crippen molar-refractivity contribution < 1.29 is 0 Å². The van der Waals surface area contributed by atoms with Crippen LogP contribution in [0.3, 0.4) is 0 Å². The quantitative estimate of drug-likeness (QED) is 0.796. The maximum Gasteiger partial charge on any atom is 0.0113 e. The molecule has 0 aliphatic heterocycles. The zero-order chi connectivity index (χ0) is 10.7. The minimum Gasteiger partial charge on any atom is -0.311 e. The Morgan fingerprint density at radius 2 is 2.07 bits per heavy atom. The molecule has 0 amide bonds. The van der Waals surface area contributed by atoms with Crippen LogP contribution in [0.4, 0.5) is 0 Å². The average molecular weight is 203 g/mol. The van der Waals surface area contributed by atoms with Gasteiger partial charge in [-0.2, -0.15) is 0 Å². The van der Waals surface area contributed by atoms with Crippen molar-refractivity contribution in [2.75, 3.05) is 0 Å². The molecule has 2 rings (SSSR count). The zero-order valence-electron chi connectivity index (χ0n) is 9.79. The lowest BCUT2D eigenvalue weighted by atomic mass is 9.88. The summed E-state index contributed by atoms with van der Waals surface area (Å²) in [5, 5.41) is 3.71. The van der Waals surface area contributed by atoms with Crippen LogP contribution in [0.15, 0.2) is 24.3 Å². The topological polar surface area (TPSA) is 12.0 Å². The van der Waals surface area contributed by atoms with E-state index in [0.717, 1.165) is 0 Å². The van der Waals surface area contributed by atoms with Crippen molar-refractivity contribution >= 4 is 0 Å². The summed E-state index contributed by atoms with van der Waals surface area (Å²) >= 11 is 0. The summed E-state index contributed by atoms with van der Waals surface area (Å²) in [6, 6.07) is 10.2. The van der Waals surface area contributed by atoms with Crippen LogP contribution >= 0.6 is 0 Å². The predicted octanol–water partition coefficient (Wildman–Crippen LogP) is 2.93. The van der Waals surface area contributed by atoms with Gasteiger partial charge in [-0.3, -0.25) is 0 Å². The Morgan fingerprint density at radius 3 is 2.80 bits per heavy atom. The first-order valence-corrected chi connectivity index (χ1v) is 6.12. The second-order valence-electron chi connectivity index (χ2n) is 4.68. The number of benzene rings is 1. The first-order valence-electron chi connectivity index (χ1n) is 6.12. The molecule has 1 aromatic rings. The van der Waals surface area contributed by atoms with Gasteiger partial charge in [-0.25, -0.2) is 0 Å². The summed E-state index contributed by atoms with van der Waals surface area (Å²) in [4.78, 5) is 0. The molecule has 0 unspecified atom stereocenters. The summed E-state index contributed by atoms with van der Waals surface area (Å²) in [5.41, 5.74) is 3.10. The summed E-state index contributed by atoms with van der Waals surface area (Å²) < 4.78 is 0. The molecule has 0 spiro atoms. The van der Waals surface area contributed by atoms with Crippen LogP contribution in [0.25, 0.3) is 0 Å². The summed E-state index contributed by atoms with van der Waals surface area (Å²) in [5.74, 6) is 0. The largest absolute Gasteiger partial charge is 0.311 e. The molecule has 1 aromatic carbocycles. The minimum absolute atomic E-state index is 0.653. The Labute approximate surface area is 92.9 Å². The van der Waals surface area contributed by atoms with Crippen molar-refractivity contribution in [2.45, 2.75) is 51.6 Å². The molecule has 0 bridgehead atoms. The number of aryl methyl sites for hydroxylation is 1. The Bertz CT molecular complexity index is 319. The van der Waals surface area contributed by atoms with Crippen LogP contribution in [0.1, 0.15) is 37.8 Å². The van der Waals surface area contributed by atoms with Crippen LogP contribution < -0.4 is 5.32 Å². The molecule has 1 nitrogen and oxygen atoms in total. The summed E-state index contributed by atoms with van der Waals surface area (Å²) in [6.45, 7) is 4.52. The molecule has 1 aliphatic rings. The molecular formula is C14H21N. The van der Waals surface area contributed by atoms with Crippen molar-refractivity contribution in [3.8, 4) is 0 Å². The molecule has 2 atom stereocenters. The zero-order valence-corrected chi connectivity index (χ0v) is 9.79. The van der Waals surface area contributed by atoms with E-state index in [1.165, 1.54) is 25.7 Å². The highest BCUT2D eigenvalue weighted by atomic mass is 14.9. The molecule has 1 heteroatoms. The van der Waals surface area contributed by atoms with E-state index in [-0.39, 0.29) is 0 Å². The van der Waals surface area contributed by atoms with E-state index in [1.807, 2.05) is 0 Å². The average Bonchev–Trinajstić information content (AvgIpc) is 2.29. The van der Waals surface area contributed by atoms with Gasteiger partial charge < -0.3 is 5.32 Å². The first-order chi connectivity index (χ1) is 7.29. The fourth-order valence-electron chi connectivity index (χ4n) is 2.36. The lowest BCUT2D eigenvalue weighted by molar-refractivity contribution is 0.401. The number of fused-ring (bicyclic) bond motifs is 1. The molecule has 82 valence electrons. The maximum atomic E-state index is 3.71. The van der Waals surface area contributed by atoms with E-state index in [9.17, 15) is 0 Å². The highest BCUT2D eigenvalue weighted by molar-refractivity contribution is 5.30. The SMILES string of the molecule is CC[C@H](C)N[C@@H]1CCc2ccccc2C1. The van der Waals surface area contributed by atoms with Crippen LogP contribution in [0.2, 0.25) is 0 Å². The molecule has 1 aliphatic carbocycles. The third-order valence-electron chi connectivity index (χ3n) is 3.48. The van der Waals surface area contributed by atoms with Crippen LogP contribution in [0.5, 0.6) is 0 Å². The van der Waals surface area contributed by atoms with Crippen LogP contribution in [0, 0.1) is 0 Å². The van der Waals surface area contributed by atoms with Gasteiger partial charge in [0.15, 0.2) is 0 Å². The van der Waals surface area contributed by atoms with Gasteiger partial charge in [-0.15, -0.1) is 0 Å². The molecule has 0 radical (unpaired) electrons. The van der Waals surface area contributed by atoms with Gasteiger partial charge in [0.2, 0.25) is 0 Å². The van der Waals surface area contributed by atoms with Gasteiger partial charge in [0, 0.05) is 12.1 Å². The Balaban J connectivity index is 1.99. The fraction of sp³-hybridized carbons (Fsp3) is 0.571. The molecule has 0 heterocycles. The van der Waals surface area contributed by atoms with Gasteiger partial charge in [0.05, 0.1) is 0 Å². The van der Waals surface area contributed by atoms with Crippen molar-refractivity contribution in [1.29, 1.82) is 0 Å². The third-order valence-corrected chi connectivity index (χ3v) is 3.48. The minimum atomic E-state index is 0.653. The monoisotopic (exact) mass is 203 g/mol. The lowest BCUT2D eigenvalue weighted by Gasteiger charge is -2.28. The lowest BCUT2D eigenvalue weighted by Crippen LogP contribution is -2.39. The van der Waals surface area contributed by atoms with Crippen LogP contribution in [-0.4, -0.2) is 12.1 Å². The van der Waals surface area contributed by atoms with Crippen molar-refractivity contribution in [1.82, 2.24) is 5.32 Å². The number of nitrogens with one attached hydrogen (secondary N) is 1. The summed E-state index contributed by atoms with van der Waals surface area (Å²) in [7, 11) is 0. The van der Waals surface area contributed by atoms with Gasteiger partial charge in [-0.05, 0) is 43.7 Å². The van der Waals surface area contributed by atoms with Crippen LogP contribution in [-0.2, 0) is 12.8 Å². The number of rotatable bonds is 3. The van der Waals surface area contributed by atoms with Gasteiger partial charge in [0.25, 0.3) is 0 Å². The predicted molar refractivity (Wildman–Crippen MR) is 65.1 cm³/mol. The molecule has 0 saturated carbocycles. The fourth-order valence-corrected chi connectivity index (χ4v) is 2.36. The molecule has 0 fully saturated rings. The van der Waals surface area contributed by atoms with Crippen molar-refractivity contribution in [3.05, 3.63) is 35.4 Å². The maximum absolute atomic E-state index is 3.71. The van der Waals surface area contributed by atoms with Crippen molar-refractivity contribution in [2.24, 2.45) is 0 Å². The van der Waals surface area contributed by atoms with E-state index in [0.29, 0.717) is 12.1 Å². The second kappa shape index (κ2) is 4.80. The highest BCUT2D eigenvalue weighted by Crippen LogP contribution is 2.21. The van der Waals surface area contributed by atoms with Crippen molar-refractivity contribution in [3.63, 3.8) is 0 Å². The Kier molecular flexibility index (Phi) is 3.42. The normalized spacial score (nSPS) is 22.1. The molecular weight excluding hydrogens is 182 g/mol. The summed E-state index contributed by atoms with van der Waals surface area (Å²) in [6.07, 6.45) is 4.96. The van der Waals surface area contributed by atoms with E-state index < -0.39 is 0 Å². The van der Waals surface area contributed by atoms with E-state index >= 15 is 0 Å². The smallest absolute Gasteiger partial charge is 0.0113 e.